The molecule has 0 aliphatic rings. The van der Waals surface area contributed by atoms with E-state index in [0.717, 1.165) is 22.4 Å². The van der Waals surface area contributed by atoms with Gasteiger partial charge in [-0.2, -0.15) is 0 Å². The minimum absolute atomic E-state index is 0.232. The standard InChI is InChI=1S/C13H15ClN2O2/c1-9-3-4-11-10(7-9)15-12(8-14)16(11)6-5-13(17)18-2/h3-4,7H,5-6,8H2,1-2H3. The molecule has 0 spiro atoms. The van der Waals surface area contributed by atoms with E-state index in [1.54, 1.807) is 0 Å². The van der Waals surface area contributed by atoms with E-state index in [2.05, 4.69) is 9.72 Å². The number of alkyl halides is 1. The van der Waals surface area contributed by atoms with Gasteiger partial charge in [0, 0.05) is 6.54 Å². The minimum Gasteiger partial charge on any atom is -0.469 e. The van der Waals surface area contributed by atoms with Gasteiger partial charge in [-0.05, 0) is 24.6 Å². The molecule has 0 N–H and O–H groups in total. The lowest BCUT2D eigenvalue weighted by Crippen LogP contribution is -2.09. The van der Waals surface area contributed by atoms with E-state index >= 15 is 0 Å². The largest absolute Gasteiger partial charge is 0.469 e. The molecule has 0 aliphatic heterocycles. The van der Waals surface area contributed by atoms with Crippen LogP contribution in [0, 0.1) is 6.92 Å². The molecule has 0 saturated heterocycles. The number of fused-ring (bicyclic) bond motifs is 1. The first-order chi connectivity index (χ1) is 8.65. The van der Waals surface area contributed by atoms with Gasteiger partial charge in [-0.15, -0.1) is 11.6 Å². The van der Waals surface area contributed by atoms with Crippen LogP contribution < -0.4 is 0 Å². The van der Waals surface area contributed by atoms with E-state index in [4.69, 9.17) is 11.6 Å². The average Bonchev–Trinajstić information content (AvgIpc) is 2.72. The fourth-order valence-electron chi connectivity index (χ4n) is 1.95. The fraction of sp³-hybridized carbons (Fsp3) is 0.385. The van der Waals surface area contributed by atoms with Crippen LogP contribution in [-0.2, 0) is 22.0 Å². The van der Waals surface area contributed by atoms with E-state index in [-0.39, 0.29) is 5.97 Å². The van der Waals surface area contributed by atoms with E-state index in [1.165, 1.54) is 7.11 Å². The molecule has 0 radical (unpaired) electrons. The van der Waals surface area contributed by atoms with Crippen LogP contribution in [0.15, 0.2) is 18.2 Å². The molecule has 4 nitrogen and oxygen atoms in total. The third-order valence-corrected chi connectivity index (χ3v) is 3.11. The lowest BCUT2D eigenvalue weighted by Gasteiger charge is -2.06. The average molecular weight is 267 g/mol. The summed E-state index contributed by atoms with van der Waals surface area (Å²) < 4.78 is 6.62. The Morgan fingerprint density at radius 1 is 1.50 bits per heavy atom. The molecule has 0 fully saturated rings. The Morgan fingerprint density at radius 3 is 2.94 bits per heavy atom. The Hall–Kier alpha value is -1.55. The van der Waals surface area contributed by atoms with Gasteiger partial charge in [0.25, 0.3) is 0 Å². The highest BCUT2D eigenvalue weighted by Gasteiger charge is 2.11. The van der Waals surface area contributed by atoms with Crippen LogP contribution >= 0.6 is 11.6 Å². The Balaban J connectivity index is 2.37. The topological polar surface area (TPSA) is 44.1 Å². The number of nitrogens with zero attached hydrogens (tertiary/aromatic N) is 2. The smallest absolute Gasteiger partial charge is 0.307 e. The quantitative estimate of drug-likeness (QED) is 0.631. The number of halogens is 1. The maximum absolute atomic E-state index is 11.2. The first kappa shape index (κ1) is 12.9. The first-order valence-corrected chi connectivity index (χ1v) is 6.27. The fourth-order valence-corrected chi connectivity index (χ4v) is 2.15. The molecule has 18 heavy (non-hydrogen) atoms. The predicted octanol–water partition coefficient (Wildman–Crippen LogP) is 2.65. The van der Waals surface area contributed by atoms with Crippen molar-refractivity contribution in [3.8, 4) is 0 Å². The molecule has 0 aliphatic carbocycles. The summed E-state index contributed by atoms with van der Waals surface area (Å²) in [5.41, 5.74) is 3.07. The van der Waals surface area contributed by atoms with Crippen molar-refractivity contribution in [2.75, 3.05) is 7.11 Å². The number of carbonyl (C=O) groups is 1. The van der Waals surface area contributed by atoms with Crippen molar-refractivity contribution in [3.63, 3.8) is 0 Å². The number of hydrogen-bond acceptors (Lipinski definition) is 3. The highest BCUT2D eigenvalue weighted by molar-refractivity contribution is 6.16. The van der Waals surface area contributed by atoms with Gasteiger partial charge < -0.3 is 9.30 Å². The lowest BCUT2D eigenvalue weighted by atomic mass is 10.2. The zero-order valence-electron chi connectivity index (χ0n) is 10.4. The van der Waals surface area contributed by atoms with Crippen molar-refractivity contribution in [1.82, 2.24) is 9.55 Å². The van der Waals surface area contributed by atoms with Crippen molar-refractivity contribution in [2.24, 2.45) is 0 Å². The summed E-state index contributed by atoms with van der Waals surface area (Å²) in [6, 6.07) is 6.04. The SMILES string of the molecule is COC(=O)CCn1c(CCl)nc2cc(C)ccc21. The van der Waals surface area contributed by atoms with Gasteiger partial charge in [-0.25, -0.2) is 4.98 Å². The molecule has 1 aromatic carbocycles. The molecule has 96 valence electrons. The van der Waals surface area contributed by atoms with Crippen molar-refractivity contribution < 1.29 is 9.53 Å². The summed E-state index contributed by atoms with van der Waals surface area (Å²) in [5.74, 6) is 0.875. The van der Waals surface area contributed by atoms with E-state index in [1.807, 2.05) is 29.7 Å². The van der Waals surface area contributed by atoms with Crippen molar-refractivity contribution in [3.05, 3.63) is 29.6 Å². The lowest BCUT2D eigenvalue weighted by molar-refractivity contribution is -0.140. The summed E-state index contributed by atoms with van der Waals surface area (Å²) in [5, 5.41) is 0. The van der Waals surface area contributed by atoms with Crippen molar-refractivity contribution in [2.45, 2.75) is 25.8 Å². The van der Waals surface area contributed by atoms with Crippen LogP contribution in [0.25, 0.3) is 11.0 Å². The maximum atomic E-state index is 11.2. The third-order valence-electron chi connectivity index (χ3n) is 2.87. The number of benzene rings is 1. The molecule has 0 unspecified atom stereocenters. The Kier molecular flexibility index (Phi) is 3.87. The van der Waals surface area contributed by atoms with Crippen LogP contribution in [-0.4, -0.2) is 22.6 Å². The number of imidazole rings is 1. The summed E-state index contributed by atoms with van der Waals surface area (Å²) in [6.07, 6.45) is 0.319. The summed E-state index contributed by atoms with van der Waals surface area (Å²) in [6.45, 7) is 2.56. The highest BCUT2D eigenvalue weighted by atomic mass is 35.5. The normalized spacial score (nSPS) is 10.8. The van der Waals surface area contributed by atoms with Crippen molar-refractivity contribution in [1.29, 1.82) is 0 Å². The van der Waals surface area contributed by atoms with Gasteiger partial charge in [-0.3, -0.25) is 4.79 Å². The third kappa shape index (κ3) is 2.48. The van der Waals surface area contributed by atoms with Crippen LogP contribution in [0.1, 0.15) is 17.8 Å². The molecular formula is C13H15ClN2O2. The molecule has 0 saturated carbocycles. The highest BCUT2D eigenvalue weighted by Crippen LogP contribution is 2.19. The van der Waals surface area contributed by atoms with Gasteiger partial charge in [-0.1, -0.05) is 6.07 Å². The molecule has 1 heterocycles. The minimum atomic E-state index is -0.232. The van der Waals surface area contributed by atoms with Crippen LogP contribution in [0.3, 0.4) is 0 Å². The Labute approximate surface area is 111 Å². The number of esters is 1. The summed E-state index contributed by atoms with van der Waals surface area (Å²) >= 11 is 5.89. The van der Waals surface area contributed by atoms with Gasteiger partial charge in [0.2, 0.25) is 0 Å². The number of rotatable bonds is 4. The summed E-state index contributed by atoms with van der Waals surface area (Å²) in [7, 11) is 1.39. The van der Waals surface area contributed by atoms with Gasteiger partial charge in [0.15, 0.2) is 0 Å². The molecule has 2 aromatic rings. The molecule has 5 heteroatoms. The van der Waals surface area contributed by atoms with E-state index < -0.39 is 0 Å². The second kappa shape index (κ2) is 5.40. The molecular weight excluding hydrogens is 252 g/mol. The van der Waals surface area contributed by atoms with Crippen LogP contribution in [0.4, 0.5) is 0 Å². The van der Waals surface area contributed by atoms with Crippen LogP contribution in [0.5, 0.6) is 0 Å². The molecule has 2 rings (SSSR count). The zero-order chi connectivity index (χ0) is 13.1. The van der Waals surface area contributed by atoms with Gasteiger partial charge >= 0.3 is 5.97 Å². The molecule has 0 amide bonds. The predicted molar refractivity (Wildman–Crippen MR) is 70.7 cm³/mol. The maximum Gasteiger partial charge on any atom is 0.307 e. The number of carbonyl (C=O) groups excluding carboxylic acids is 1. The van der Waals surface area contributed by atoms with Crippen molar-refractivity contribution >= 4 is 28.6 Å². The number of methoxy groups -OCH3 is 1. The van der Waals surface area contributed by atoms with Crippen LogP contribution in [0.2, 0.25) is 0 Å². The number of aryl methyl sites for hydroxylation is 2. The van der Waals surface area contributed by atoms with E-state index in [9.17, 15) is 4.79 Å². The number of aromatic nitrogens is 2. The Bertz CT molecular complexity index is 578. The molecule has 1 aromatic heterocycles. The van der Waals surface area contributed by atoms with Gasteiger partial charge in [0.1, 0.15) is 5.82 Å². The summed E-state index contributed by atoms with van der Waals surface area (Å²) in [4.78, 5) is 15.7. The van der Waals surface area contributed by atoms with Gasteiger partial charge in [0.05, 0.1) is 30.4 Å². The zero-order valence-corrected chi connectivity index (χ0v) is 11.2. The second-order valence-electron chi connectivity index (χ2n) is 4.13. The first-order valence-electron chi connectivity index (χ1n) is 5.74. The second-order valence-corrected chi connectivity index (χ2v) is 4.40. The Morgan fingerprint density at radius 2 is 2.28 bits per heavy atom. The molecule has 0 bridgehead atoms. The van der Waals surface area contributed by atoms with E-state index in [0.29, 0.717) is 18.8 Å². The number of ether oxygens (including phenoxy) is 1. The monoisotopic (exact) mass is 266 g/mol. The number of hydrogen-bond donors (Lipinski definition) is 0. The molecule has 0 atom stereocenters.